The van der Waals surface area contributed by atoms with Gasteiger partial charge in [0.2, 0.25) is 11.2 Å². The molecule has 0 saturated heterocycles. The summed E-state index contributed by atoms with van der Waals surface area (Å²) in [5.41, 5.74) is 5.60. The number of methoxy groups -OCH3 is 1. The van der Waals surface area contributed by atoms with Gasteiger partial charge in [-0.2, -0.15) is 15.0 Å². The highest BCUT2D eigenvalue weighted by Crippen LogP contribution is 2.10. The standard InChI is InChI=1S/C8H14ClN5O/c1-5(10)3-4-11-7-12-6(9)13-8(14-7)15-2/h5H,3-4,10H2,1-2H3,(H,11,12,13,14). The summed E-state index contributed by atoms with van der Waals surface area (Å²) in [5.74, 6) is 0.396. The SMILES string of the molecule is COc1nc(Cl)nc(NCCC(C)N)n1. The van der Waals surface area contributed by atoms with E-state index >= 15 is 0 Å². The van der Waals surface area contributed by atoms with Crippen LogP contribution in [0.4, 0.5) is 5.95 Å². The Morgan fingerprint density at radius 1 is 1.47 bits per heavy atom. The average Bonchev–Trinajstić information content (AvgIpc) is 2.16. The van der Waals surface area contributed by atoms with Crippen LogP contribution in [0.3, 0.4) is 0 Å². The van der Waals surface area contributed by atoms with Crippen molar-refractivity contribution in [1.29, 1.82) is 0 Å². The molecule has 1 heterocycles. The van der Waals surface area contributed by atoms with Gasteiger partial charge in [-0.25, -0.2) is 0 Å². The number of nitrogens with two attached hydrogens (primary N) is 1. The Kier molecular flexibility index (Phi) is 4.51. The Labute approximate surface area is 93.2 Å². The summed E-state index contributed by atoms with van der Waals surface area (Å²) in [6.45, 7) is 2.61. The first kappa shape index (κ1) is 11.9. The van der Waals surface area contributed by atoms with Crippen LogP contribution in [0.1, 0.15) is 13.3 Å². The van der Waals surface area contributed by atoms with Crippen molar-refractivity contribution in [3.8, 4) is 6.01 Å². The summed E-state index contributed by atoms with van der Waals surface area (Å²) in [6.07, 6.45) is 0.825. The normalized spacial score (nSPS) is 12.3. The third-order valence-electron chi connectivity index (χ3n) is 1.65. The van der Waals surface area contributed by atoms with Crippen molar-refractivity contribution in [2.75, 3.05) is 19.0 Å². The van der Waals surface area contributed by atoms with Crippen LogP contribution in [0, 0.1) is 0 Å². The molecule has 0 amide bonds. The first-order chi connectivity index (χ1) is 7.11. The van der Waals surface area contributed by atoms with E-state index < -0.39 is 0 Å². The molecule has 1 rings (SSSR count). The molecule has 0 bridgehead atoms. The monoisotopic (exact) mass is 231 g/mol. The summed E-state index contributed by atoms with van der Waals surface area (Å²) in [6, 6.07) is 0.329. The van der Waals surface area contributed by atoms with E-state index in [0.29, 0.717) is 12.5 Å². The zero-order valence-corrected chi connectivity index (χ0v) is 9.45. The number of anilines is 1. The van der Waals surface area contributed by atoms with Crippen LogP contribution >= 0.6 is 11.6 Å². The van der Waals surface area contributed by atoms with Crippen molar-refractivity contribution in [1.82, 2.24) is 15.0 Å². The van der Waals surface area contributed by atoms with E-state index in [4.69, 9.17) is 22.1 Å². The number of hydrogen-bond donors (Lipinski definition) is 2. The van der Waals surface area contributed by atoms with Crippen molar-refractivity contribution < 1.29 is 4.74 Å². The molecule has 6 nitrogen and oxygen atoms in total. The molecule has 84 valence electrons. The number of ether oxygens (including phenoxy) is 1. The maximum Gasteiger partial charge on any atom is 0.322 e. The zero-order valence-electron chi connectivity index (χ0n) is 8.70. The highest BCUT2D eigenvalue weighted by molar-refractivity contribution is 6.28. The van der Waals surface area contributed by atoms with Gasteiger partial charge in [0.1, 0.15) is 0 Å². The molecule has 0 fully saturated rings. The van der Waals surface area contributed by atoms with Crippen LogP contribution in [0.15, 0.2) is 0 Å². The van der Waals surface area contributed by atoms with Crippen LogP contribution in [-0.4, -0.2) is 34.6 Å². The molecule has 0 aliphatic heterocycles. The van der Waals surface area contributed by atoms with Crippen LogP contribution < -0.4 is 15.8 Å². The van der Waals surface area contributed by atoms with Gasteiger partial charge in [0, 0.05) is 12.6 Å². The minimum atomic E-state index is 0.102. The first-order valence-corrected chi connectivity index (χ1v) is 4.94. The van der Waals surface area contributed by atoms with Crippen molar-refractivity contribution in [2.45, 2.75) is 19.4 Å². The van der Waals surface area contributed by atoms with Gasteiger partial charge in [0.15, 0.2) is 0 Å². The molecule has 0 aromatic carbocycles. The number of nitrogens with one attached hydrogen (secondary N) is 1. The molecule has 0 saturated carbocycles. The molecule has 1 aromatic rings. The quantitative estimate of drug-likeness (QED) is 0.775. The largest absolute Gasteiger partial charge is 0.467 e. The third kappa shape index (κ3) is 4.26. The lowest BCUT2D eigenvalue weighted by atomic mass is 10.2. The van der Waals surface area contributed by atoms with E-state index in [0.717, 1.165) is 6.42 Å². The molecule has 1 unspecified atom stereocenters. The van der Waals surface area contributed by atoms with Crippen molar-refractivity contribution in [2.24, 2.45) is 5.73 Å². The van der Waals surface area contributed by atoms with E-state index in [9.17, 15) is 0 Å². The summed E-state index contributed by atoms with van der Waals surface area (Å²) in [4.78, 5) is 11.6. The molecule has 1 atom stereocenters. The summed E-state index contributed by atoms with van der Waals surface area (Å²) >= 11 is 5.66. The molecular weight excluding hydrogens is 218 g/mol. The van der Waals surface area contributed by atoms with E-state index in [1.807, 2.05) is 6.92 Å². The fraction of sp³-hybridized carbons (Fsp3) is 0.625. The summed E-state index contributed by atoms with van der Waals surface area (Å²) in [7, 11) is 1.47. The smallest absolute Gasteiger partial charge is 0.322 e. The topological polar surface area (TPSA) is 86.0 Å². The van der Waals surface area contributed by atoms with Crippen LogP contribution in [0.25, 0.3) is 0 Å². The van der Waals surface area contributed by atoms with Crippen LogP contribution in [-0.2, 0) is 0 Å². The Hall–Kier alpha value is -1.14. The third-order valence-corrected chi connectivity index (χ3v) is 1.82. The maximum absolute atomic E-state index is 5.66. The average molecular weight is 232 g/mol. The van der Waals surface area contributed by atoms with Crippen LogP contribution in [0.5, 0.6) is 6.01 Å². The second-order valence-corrected chi connectivity index (χ2v) is 3.45. The molecule has 15 heavy (non-hydrogen) atoms. The molecule has 0 spiro atoms. The molecule has 7 heteroatoms. The fourth-order valence-corrected chi connectivity index (χ4v) is 1.07. The Balaban J connectivity index is 2.56. The molecular formula is C8H14ClN5O. The van der Waals surface area contributed by atoms with Gasteiger partial charge in [-0.3, -0.25) is 0 Å². The minimum Gasteiger partial charge on any atom is -0.467 e. The second-order valence-electron chi connectivity index (χ2n) is 3.11. The molecule has 3 N–H and O–H groups in total. The highest BCUT2D eigenvalue weighted by atomic mass is 35.5. The van der Waals surface area contributed by atoms with Gasteiger partial charge in [0.25, 0.3) is 0 Å². The van der Waals surface area contributed by atoms with E-state index in [2.05, 4.69) is 20.3 Å². The molecule has 0 aliphatic rings. The van der Waals surface area contributed by atoms with Gasteiger partial charge in [-0.05, 0) is 24.9 Å². The molecule has 0 radical (unpaired) electrons. The van der Waals surface area contributed by atoms with Crippen molar-refractivity contribution in [3.63, 3.8) is 0 Å². The van der Waals surface area contributed by atoms with Crippen molar-refractivity contribution >= 4 is 17.5 Å². The number of hydrogen-bond acceptors (Lipinski definition) is 6. The predicted octanol–water partition coefficient (Wildman–Crippen LogP) is 0.683. The summed E-state index contributed by atoms with van der Waals surface area (Å²) in [5, 5.41) is 3.09. The Bertz CT molecular complexity index is 320. The van der Waals surface area contributed by atoms with E-state index in [1.54, 1.807) is 0 Å². The maximum atomic E-state index is 5.66. The number of halogens is 1. The minimum absolute atomic E-state index is 0.102. The van der Waals surface area contributed by atoms with E-state index in [1.165, 1.54) is 7.11 Å². The van der Waals surface area contributed by atoms with Gasteiger partial charge < -0.3 is 15.8 Å². The van der Waals surface area contributed by atoms with Gasteiger partial charge in [-0.15, -0.1) is 0 Å². The lowest BCUT2D eigenvalue weighted by Gasteiger charge is -2.07. The van der Waals surface area contributed by atoms with Gasteiger partial charge in [0.05, 0.1) is 7.11 Å². The lowest BCUT2D eigenvalue weighted by molar-refractivity contribution is 0.379. The van der Waals surface area contributed by atoms with E-state index in [-0.39, 0.29) is 17.3 Å². The predicted molar refractivity (Wildman–Crippen MR) is 58.1 cm³/mol. The Morgan fingerprint density at radius 3 is 2.80 bits per heavy atom. The van der Waals surface area contributed by atoms with Gasteiger partial charge >= 0.3 is 6.01 Å². The molecule has 1 aromatic heterocycles. The molecule has 0 aliphatic carbocycles. The van der Waals surface area contributed by atoms with Crippen molar-refractivity contribution in [3.05, 3.63) is 5.28 Å². The fourth-order valence-electron chi connectivity index (χ4n) is 0.914. The lowest BCUT2D eigenvalue weighted by Crippen LogP contribution is -2.19. The second kappa shape index (κ2) is 5.67. The van der Waals surface area contributed by atoms with Crippen LogP contribution in [0.2, 0.25) is 5.28 Å². The Morgan fingerprint density at radius 2 is 2.20 bits per heavy atom. The highest BCUT2D eigenvalue weighted by Gasteiger charge is 2.04. The number of aromatic nitrogens is 3. The van der Waals surface area contributed by atoms with Gasteiger partial charge in [-0.1, -0.05) is 0 Å². The zero-order chi connectivity index (χ0) is 11.3. The summed E-state index contributed by atoms with van der Waals surface area (Å²) < 4.78 is 4.85. The number of rotatable bonds is 5. The number of nitrogens with zero attached hydrogens (tertiary/aromatic N) is 3. The first-order valence-electron chi connectivity index (χ1n) is 4.57.